The summed E-state index contributed by atoms with van der Waals surface area (Å²) < 4.78 is 19.4. The fourth-order valence-electron chi connectivity index (χ4n) is 3.48. The zero-order valence-electron chi connectivity index (χ0n) is 16.6. The maximum absolute atomic E-state index is 6.19. The second kappa shape index (κ2) is 7.38. The van der Waals surface area contributed by atoms with Crippen molar-refractivity contribution < 1.29 is 13.9 Å². The second-order valence-electron chi connectivity index (χ2n) is 6.83. The Morgan fingerprint density at radius 1 is 1.10 bits per heavy atom. The molecule has 0 radical (unpaired) electrons. The van der Waals surface area contributed by atoms with Crippen molar-refractivity contribution in [3.8, 4) is 11.5 Å². The van der Waals surface area contributed by atoms with Gasteiger partial charge in [-0.25, -0.2) is 4.98 Å². The number of hydrogen-bond acceptors (Lipinski definition) is 7. The Morgan fingerprint density at radius 2 is 1.93 bits per heavy atom. The number of methoxy groups -OCH3 is 2. The molecule has 0 aliphatic heterocycles. The molecular weight excluding hydrogens is 370 g/mol. The van der Waals surface area contributed by atoms with Crippen molar-refractivity contribution in [1.29, 1.82) is 0 Å². The lowest BCUT2D eigenvalue weighted by atomic mass is 10.0. The molecule has 8 heteroatoms. The number of aryl methyl sites for hydroxylation is 1. The Bertz CT molecular complexity index is 1180. The van der Waals surface area contributed by atoms with Crippen LogP contribution in [0.25, 0.3) is 11.0 Å². The Hall–Kier alpha value is -3.68. The largest absolute Gasteiger partial charge is 0.493 e. The van der Waals surface area contributed by atoms with Crippen molar-refractivity contribution in [3.05, 3.63) is 59.2 Å². The van der Waals surface area contributed by atoms with Crippen molar-refractivity contribution in [2.24, 2.45) is 7.05 Å². The molecule has 1 aromatic carbocycles. The number of rotatable bonds is 6. The van der Waals surface area contributed by atoms with Gasteiger partial charge in [-0.05, 0) is 29.8 Å². The minimum atomic E-state index is 0.150. The molecule has 0 fully saturated rings. The first kappa shape index (κ1) is 18.7. The van der Waals surface area contributed by atoms with Crippen LogP contribution in [0.3, 0.4) is 0 Å². The van der Waals surface area contributed by atoms with Crippen molar-refractivity contribution in [2.75, 3.05) is 25.7 Å². The van der Waals surface area contributed by atoms with Crippen LogP contribution in [-0.2, 0) is 19.9 Å². The lowest BCUT2D eigenvalue weighted by Crippen LogP contribution is -2.04. The third-order valence-electron chi connectivity index (χ3n) is 4.99. The van der Waals surface area contributed by atoms with Crippen LogP contribution in [0, 0.1) is 0 Å². The molecule has 150 valence electrons. The summed E-state index contributed by atoms with van der Waals surface area (Å²) in [5.74, 6) is 2.48. The summed E-state index contributed by atoms with van der Waals surface area (Å²) in [6.07, 6.45) is 4.82. The van der Waals surface area contributed by atoms with Gasteiger partial charge in [0.2, 0.25) is 11.7 Å². The average Bonchev–Trinajstić information content (AvgIpc) is 3.30. The standard InChI is InChI=1S/C21H23N5O3/c1-26-6-4-5-14(26)9-15-10-16-12(7-13-11-24-21(23)25-20(13)22)8-17(27-2)19(28-3)18(16)29-15/h4-6,8,10-11H,7,9H2,1-3H3,(H4,22,23,24,25). The van der Waals surface area contributed by atoms with E-state index in [0.717, 1.165) is 28.0 Å². The number of ether oxygens (including phenoxy) is 2. The number of nitrogen functional groups attached to an aromatic ring is 2. The van der Waals surface area contributed by atoms with E-state index in [4.69, 9.17) is 25.4 Å². The van der Waals surface area contributed by atoms with Crippen LogP contribution in [0.15, 0.2) is 41.1 Å². The minimum absolute atomic E-state index is 0.150. The van der Waals surface area contributed by atoms with Crippen LogP contribution < -0.4 is 20.9 Å². The van der Waals surface area contributed by atoms with Crippen LogP contribution in [0.5, 0.6) is 11.5 Å². The highest BCUT2D eigenvalue weighted by atomic mass is 16.5. The van der Waals surface area contributed by atoms with Gasteiger partial charge in [0.15, 0.2) is 11.3 Å². The Balaban J connectivity index is 1.83. The van der Waals surface area contributed by atoms with E-state index in [1.807, 2.05) is 31.4 Å². The van der Waals surface area contributed by atoms with Crippen molar-refractivity contribution >= 4 is 22.7 Å². The number of aromatic nitrogens is 3. The molecule has 4 N–H and O–H groups in total. The molecule has 0 saturated carbocycles. The summed E-state index contributed by atoms with van der Waals surface area (Å²) in [4.78, 5) is 8.12. The normalized spacial score (nSPS) is 11.1. The smallest absolute Gasteiger partial charge is 0.221 e. The van der Waals surface area contributed by atoms with Crippen LogP contribution in [0.1, 0.15) is 22.6 Å². The van der Waals surface area contributed by atoms with Gasteiger partial charge in [0.05, 0.1) is 14.2 Å². The van der Waals surface area contributed by atoms with E-state index in [1.54, 1.807) is 20.4 Å². The van der Waals surface area contributed by atoms with Crippen molar-refractivity contribution in [1.82, 2.24) is 14.5 Å². The summed E-state index contributed by atoms with van der Waals surface area (Å²) >= 11 is 0. The second-order valence-corrected chi connectivity index (χ2v) is 6.83. The fraction of sp³-hybridized carbons (Fsp3) is 0.238. The van der Waals surface area contributed by atoms with E-state index in [2.05, 4.69) is 20.6 Å². The molecule has 4 aromatic rings. The molecule has 8 nitrogen and oxygen atoms in total. The number of hydrogen-bond donors (Lipinski definition) is 2. The van der Waals surface area contributed by atoms with Crippen molar-refractivity contribution in [2.45, 2.75) is 12.8 Å². The zero-order valence-corrected chi connectivity index (χ0v) is 16.6. The van der Waals surface area contributed by atoms with Crippen molar-refractivity contribution in [3.63, 3.8) is 0 Å². The van der Waals surface area contributed by atoms with Gasteiger partial charge in [0.1, 0.15) is 11.6 Å². The van der Waals surface area contributed by atoms with Gasteiger partial charge < -0.3 is 29.9 Å². The summed E-state index contributed by atoms with van der Waals surface area (Å²) in [5.41, 5.74) is 15.2. The quantitative estimate of drug-likeness (QED) is 0.517. The molecule has 3 heterocycles. The molecule has 0 atom stereocenters. The molecule has 3 aromatic heterocycles. The highest BCUT2D eigenvalue weighted by molar-refractivity contribution is 5.90. The molecule has 0 aliphatic carbocycles. The Labute approximate surface area is 168 Å². The number of anilines is 2. The fourth-order valence-corrected chi connectivity index (χ4v) is 3.48. The van der Waals surface area contributed by atoms with E-state index >= 15 is 0 Å². The topological polar surface area (TPSA) is 114 Å². The Morgan fingerprint density at radius 3 is 2.59 bits per heavy atom. The number of nitrogens with zero attached hydrogens (tertiary/aromatic N) is 3. The predicted octanol–water partition coefficient (Wildman–Crippen LogP) is 2.92. The number of furan rings is 1. The van der Waals surface area contributed by atoms with E-state index in [1.165, 1.54) is 0 Å². The molecule has 4 rings (SSSR count). The van der Waals surface area contributed by atoms with Crippen LogP contribution >= 0.6 is 0 Å². The van der Waals surface area contributed by atoms with Crippen LogP contribution in [0.2, 0.25) is 0 Å². The highest BCUT2D eigenvalue weighted by Crippen LogP contribution is 2.40. The summed E-state index contributed by atoms with van der Waals surface area (Å²) in [5, 5.41) is 0.933. The summed E-state index contributed by atoms with van der Waals surface area (Å²) in [6, 6.07) is 8.04. The maximum atomic E-state index is 6.19. The van der Waals surface area contributed by atoms with Gasteiger partial charge in [0, 0.05) is 48.9 Å². The Kier molecular flexibility index (Phi) is 4.75. The van der Waals surface area contributed by atoms with E-state index < -0.39 is 0 Å². The lowest BCUT2D eigenvalue weighted by Gasteiger charge is -2.12. The monoisotopic (exact) mass is 393 g/mol. The van der Waals surface area contributed by atoms with E-state index in [0.29, 0.717) is 35.7 Å². The molecule has 0 bridgehead atoms. The molecule has 0 spiro atoms. The average molecular weight is 393 g/mol. The molecule has 0 saturated heterocycles. The molecular formula is C21H23N5O3. The molecule has 0 aliphatic rings. The number of fused-ring (bicyclic) bond motifs is 1. The lowest BCUT2D eigenvalue weighted by molar-refractivity contribution is 0.352. The van der Waals surface area contributed by atoms with Crippen LogP contribution in [0.4, 0.5) is 11.8 Å². The summed E-state index contributed by atoms with van der Waals surface area (Å²) in [6.45, 7) is 0. The molecule has 29 heavy (non-hydrogen) atoms. The first-order valence-electron chi connectivity index (χ1n) is 9.13. The first-order chi connectivity index (χ1) is 14.0. The van der Waals surface area contributed by atoms with Gasteiger partial charge in [-0.3, -0.25) is 0 Å². The van der Waals surface area contributed by atoms with E-state index in [9.17, 15) is 0 Å². The number of nitrogens with two attached hydrogens (primary N) is 2. The predicted molar refractivity (Wildman–Crippen MR) is 111 cm³/mol. The summed E-state index contributed by atoms with van der Waals surface area (Å²) in [7, 11) is 5.21. The third kappa shape index (κ3) is 3.44. The maximum Gasteiger partial charge on any atom is 0.221 e. The highest BCUT2D eigenvalue weighted by Gasteiger charge is 2.20. The van der Waals surface area contributed by atoms with Gasteiger partial charge >= 0.3 is 0 Å². The van der Waals surface area contributed by atoms with Gasteiger partial charge in [-0.15, -0.1) is 0 Å². The SMILES string of the molecule is COc1cc(Cc2cnc(N)nc2N)c2cc(Cc3cccn3C)oc2c1OC. The molecule has 0 unspecified atom stereocenters. The third-order valence-corrected chi connectivity index (χ3v) is 4.99. The van der Waals surface area contributed by atoms with Gasteiger partial charge in [-0.2, -0.15) is 4.98 Å². The zero-order chi connectivity index (χ0) is 20.5. The van der Waals surface area contributed by atoms with Gasteiger partial charge in [-0.1, -0.05) is 0 Å². The number of benzene rings is 1. The molecule has 0 amide bonds. The minimum Gasteiger partial charge on any atom is -0.493 e. The van der Waals surface area contributed by atoms with Gasteiger partial charge in [0.25, 0.3) is 0 Å². The van der Waals surface area contributed by atoms with Crippen LogP contribution in [-0.4, -0.2) is 28.8 Å². The van der Waals surface area contributed by atoms with E-state index in [-0.39, 0.29) is 5.95 Å². The first-order valence-corrected chi connectivity index (χ1v) is 9.13.